The van der Waals surface area contributed by atoms with Crippen molar-refractivity contribution >= 4 is 17.9 Å². The van der Waals surface area contributed by atoms with Gasteiger partial charge in [-0.15, -0.1) is 0 Å². The molecule has 0 saturated heterocycles. The second-order valence-corrected chi connectivity index (χ2v) is 3.16. The fourth-order valence-corrected chi connectivity index (χ4v) is 1.03. The Bertz CT molecular complexity index is 272. The van der Waals surface area contributed by atoms with E-state index in [9.17, 15) is 14.4 Å². The minimum Gasteiger partial charge on any atom is -0.481 e. The van der Waals surface area contributed by atoms with Crippen LogP contribution in [0.15, 0.2) is 0 Å². The summed E-state index contributed by atoms with van der Waals surface area (Å²) in [5.41, 5.74) is 0. The largest absolute Gasteiger partial charge is 0.481 e. The SMILES string of the molecule is CC(C(=O)O)C(CC(O)C(=O)O)C(=O)O. The van der Waals surface area contributed by atoms with Gasteiger partial charge in [0.15, 0.2) is 6.10 Å². The number of aliphatic hydroxyl groups excluding tert-OH is 1. The third kappa shape index (κ3) is 3.94. The van der Waals surface area contributed by atoms with Crippen molar-refractivity contribution in [3.63, 3.8) is 0 Å². The molecule has 0 aromatic heterocycles. The summed E-state index contributed by atoms with van der Waals surface area (Å²) < 4.78 is 0. The van der Waals surface area contributed by atoms with E-state index in [4.69, 9.17) is 20.4 Å². The molecule has 0 aromatic rings. The smallest absolute Gasteiger partial charge is 0.332 e. The second-order valence-electron chi connectivity index (χ2n) is 3.16. The van der Waals surface area contributed by atoms with E-state index in [2.05, 4.69) is 0 Å². The maximum Gasteiger partial charge on any atom is 0.332 e. The van der Waals surface area contributed by atoms with E-state index < -0.39 is 42.3 Å². The summed E-state index contributed by atoms with van der Waals surface area (Å²) in [5.74, 6) is -7.03. The topological polar surface area (TPSA) is 132 Å². The summed E-state index contributed by atoms with van der Waals surface area (Å²) in [6.45, 7) is 1.15. The number of aliphatic carboxylic acids is 3. The Balaban J connectivity index is 4.62. The van der Waals surface area contributed by atoms with Crippen LogP contribution in [0.3, 0.4) is 0 Å². The zero-order valence-electron chi connectivity index (χ0n) is 7.95. The molecule has 0 aliphatic heterocycles. The van der Waals surface area contributed by atoms with E-state index in [-0.39, 0.29) is 0 Å². The van der Waals surface area contributed by atoms with Crippen LogP contribution in [0.25, 0.3) is 0 Å². The lowest BCUT2D eigenvalue weighted by Gasteiger charge is -2.17. The molecule has 0 aliphatic rings. The first-order valence-corrected chi connectivity index (χ1v) is 4.13. The predicted molar refractivity (Wildman–Crippen MR) is 46.2 cm³/mol. The lowest BCUT2D eigenvalue weighted by atomic mass is 9.89. The maximum atomic E-state index is 10.6. The fraction of sp³-hybridized carbons (Fsp3) is 0.625. The molecular formula is C8H12O7. The van der Waals surface area contributed by atoms with Crippen LogP contribution in [-0.4, -0.2) is 44.4 Å². The number of carboxylic acids is 3. The van der Waals surface area contributed by atoms with Crippen molar-refractivity contribution < 1.29 is 34.8 Å². The highest BCUT2D eigenvalue weighted by Gasteiger charge is 2.33. The standard InChI is InChI=1S/C8H12O7/c1-3(6(10)11)4(7(12)13)2-5(9)8(14)15/h3-5,9H,2H2,1H3,(H,10,11)(H,12,13)(H,14,15). The highest BCUT2D eigenvalue weighted by atomic mass is 16.4. The minimum atomic E-state index is -1.87. The molecule has 0 aromatic carbocycles. The first kappa shape index (κ1) is 13.4. The number of hydrogen-bond acceptors (Lipinski definition) is 4. The second kappa shape index (κ2) is 5.30. The number of hydrogen-bond donors (Lipinski definition) is 4. The summed E-state index contributed by atoms with van der Waals surface area (Å²) in [7, 11) is 0. The number of carbonyl (C=O) groups is 3. The van der Waals surface area contributed by atoms with Crippen LogP contribution in [0, 0.1) is 11.8 Å². The lowest BCUT2D eigenvalue weighted by molar-refractivity contribution is -0.157. The fourth-order valence-electron chi connectivity index (χ4n) is 1.03. The van der Waals surface area contributed by atoms with Crippen LogP contribution < -0.4 is 0 Å². The Morgan fingerprint density at radius 3 is 1.73 bits per heavy atom. The Kier molecular flexibility index (Phi) is 4.72. The molecule has 0 fully saturated rings. The molecule has 0 radical (unpaired) electrons. The van der Waals surface area contributed by atoms with Crippen molar-refractivity contribution in [1.29, 1.82) is 0 Å². The Morgan fingerprint density at radius 1 is 1.00 bits per heavy atom. The van der Waals surface area contributed by atoms with E-state index in [0.29, 0.717) is 0 Å². The van der Waals surface area contributed by atoms with Gasteiger partial charge in [0.25, 0.3) is 0 Å². The molecule has 0 bridgehead atoms. The lowest BCUT2D eigenvalue weighted by Crippen LogP contribution is -2.33. The van der Waals surface area contributed by atoms with Crippen LogP contribution in [-0.2, 0) is 14.4 Å². The molecule has 15 heavy (non-hydrogen) atoms. The monoisotopic (exact) mass is 220 g/mol. The molecule has 7 heteroatoms. The molecule has 0 amide bonds. The number of aliphatic hydroxyl groups is 1. The molecule has 86 valence electrons. The van der Waals surface area contributed by atoms with Gasteiger partial charge >= 0.3 is 17.9 Å². The molecule has 0 saturated carbocycles. The normalized spacial score (nSPS) is 16.4. The molecule has 0 rings (SSSR count). The summed E-state index contributed by atoms with van der Waals surface area (Å²) >= 11 is 0. The van der Waals surface area contributed by atoms with Gasteiger partial charge in [-0.1, -0.05) is 6.92 Å². The van der Waals surface area contributed by atoms with Gasteiger partial charge in [0, 0.05) is 0 Å². The van der Waals surface area contributed by atoms with Crippen molar-refractivity contribution in [1.82, 2.24) is 0 Å². The quantitative estimate of drug-likeness (QED) is 0.462. The maximum absolute atomic E-state index is 10.6. The Labute approximate surface area is 85.0 Å². The Morgan fingerprint density at radius 2 is 1.47 bits per heavy atom. The average Bonchev–Trinajstić information content (AvgIpc) is 2.11. The van der Waals surface area contributed by atoms with E-state index >= 15 is 0 Å². The van der Waals surface area contributed by atoms with Crippen molar-refractivity contribution in [2.45, 2.75) is 19.4 Å². The summed E-state index contributed by atoms with van der Waals surface area (Å²) in [5, 5.41) is 34.5. The van der Waals surface area contributed by atoms with Gasteiger partial charge in [-0.25, -0.2) is 4.79 Å². The first-order valence-electron chi connectivity index (χ1n) is 4.13. The van der Waals surface area contributed by atoms with Gasteiger partial charge in [-0.2, -0.15) is 0 Å². The zero-order chi connectivity index (χ0) is 12.2. The van der Waals surface area contributed by atoms with Gasteiger partial charge in [-0.05, 0) is 6.42 Å². The van der Waals surface area contributed by atoms with Gasteiger partial charge in [0.2, 0.25) is 0 Å². The number of rotatable bonds is 6. The van der Waals surface area contributed by atoms with E-state index in [0.717, 1.165) is 6.92 Å². The van der Waals surface area contributed by atoms with Gasteiger partial charge in [-0.3, -0.25) is 9.59 Å². The Hall–Kier alpha value is -1.63. The molecule has 7 nitrogen and oxygen atoms in total. The summed E-state index contributed by atoms with van der Waals surface area (Å²) in [6, 6.07) is 0. The molecule has 0 heterocycles. The van der Waals surface area contributed by atoms with Gasteiger partial charge in [0.05, 0.1) is 11.8 Å². The third-order valence-electron chi connectivity index (χ3n) is 2.07. The van der Waals surface area contributed by atoms with E-state index in [1.54, 1.807) is 0 Å². The molecule has 3 atom stereocenters. The number of carboxylic acid groups (broad SMARTS) is 3. The molecule has 3 unspecified atom stereocenters. The van der Waals surface area contributed by atoms with E-state index in [1.807, 2.05) is 0 Å². The van der Waals surface area contributed by atoms with Crippen molar-refractivity contribution in [3.05, 3.63) is 0 Å². The van der Waals surface area contributed by atoms with Crippen LogP contribution in [0.2, 0.25) is 0 Å². The van der Waals surface area contributed by atoms with Crippen molar-refractivity contribution in [2.24, 2.45) is 11.8 Å². The van der Waals surface area contributed by atoms with E-state index in [1.165, 1.54) is 0 Å². The van der Waals surface area contributed by atoms with Crippen LogP contribution in [0.1, 0.15) is 13.3 Å². The van der Waals surface area contributed by atoms with Crippen LogP contribution in [0.5, 0.6) is 0 Å². The first-order chi connectivity index (χ1) is 6.77. The summed E-state index contributed by atoms with van der Waals surface area (Å²) in [6.07, 6.45) is -2.49. The summed E-state index contributed by atoms with van der Waals surface area (Å²) in [4.78, 5) is 31.4. The highest BCUT2D eigenvalue weighted by molar-refractivity contribution is 5.80. The minimum absolute atomic E-state index is 0.627. The van der Waals surface area contributed by atoms with Crippen LogP contribution >= 0.6 is 0 Å². The zero-order valence-corrected chi connectivity index (χ0v) is 7.95. The average molecular weight is 220 g/mol. The van der Waals surface area contributed by atoms with Crippen molar-refractivity contribution in [2.75, 3.05) is 0 Å². The predicted octanol–water partition coefficient (Wildman–Crippen LogP) is -0.756. The molecule has 0 spiro atoms. The molecule has 0 aliphatic carbocycles. The highest BCUT2D eigenvalue weighted by Crippen LogP contribution is 2.18. The van der Waals surface area contributed by atoms with Gasteiger partial charge in [0.1, 0.15) is 0 Å². The molecule has 4 N–H and O–H groups in total. The third-order valence-corrected chi connectivity index (χ3v) is 2.07. The van der Waals surface area contributed by atoms with Crippen LogP contribution in [0.4, 0.5) is 0 Å². The van der Waals surface area contributed by atoms with Gasteiger partial charge < -0.3 is 20.4 Å². The van der Waals surface area contributed by atoms with Crippen molar-refractivity contribution in [3.8, 4) is 0 Å². The molecular weight excluding hydrogens is 208 g/mol.